The van der Waals surface area contributed by atoms with Gasteiger partial charge in [-0.25, -0.2) is 0 Å². The molecule has 5 nitrogen and oxygen atoms in total. The Kier molecular flexibility index (Phi) is 11.5. The summed E-state index contributed by atoms with van der Waals surface area (Å²) in [4.78, 5) is 0. The molecule has 0 heterocycles. The van der Waals surface area contributed by atoms with E-state index in [0.717, 1.165) is 22.3 Å². The summed E-state index contributed by atoms with van der Waals surface area (Å²) in [6, 6.07) is 39.0. The Morgan fingerprint density at radius 2 is 1.15 bits per heavy atom. The lowest BCUT2D eigenvalue weighted by atomic mass is 9.99. The van der Waals surface area contributed by atoms with Gasteiger partial charge in [-0.1, -0.05) is 133 Å². The van der Waals surface area contributed by atoms with E-state index in [0.29, 0.717) is 13.2 Å². The Balaban J connectivity index is 1.50. The first kappa shape index (κ1) is 28.4. The van der Waals surface area contributed by atoms with Crippen molar-refractivity contribution in [3.63, 3.8) is 0 Å². The highest BCUT2D eigenvalue weighted by molar-refractivity contribution is 5.49. The van der Waals surface area contributed by atoms with Crippen LogP contribution < -0.4 is 5.32 Å². The van der Waals surface area contributed by atoms with Crippen molar-refractivity contribution >= 4 is 6.08 Å². The number of benzene rings is 4. The van der Waals surface area contributed by atoms with E-state index in [1.165, 1.54) is 0 Å². The van der Waals surface area contributed by atoms with E-state index in [4.69, 9.17) is 9.47 Å². The van der Waals surface area contributed by atoms with E-state index in [-0.39, 0.29) is 13.2 Å². The second kappa shape index (κ2) is 15.7. The molecule has 5 heteroatoms. The van der Waals surface area contributed by atoms with Crippen LogP contribution in [-0.2, 0) is 29.2 Å². The van der Waals surface area contributed by atoms with E-state index in [2.05, 4.69) is 5.32 Å². The van der Waals surface area contributed by atoms with E-state index in [1.54, 1.807) is 0 Å². The second-order valence-electron chi connectivity index (χ2n) is 9.48. The Morgan fingerprint density at radius 1 is 0.641 bits per heavy atom. The summed E-state index contributed by atoms with van der Waals surface area (Å²) in [5, 5.41) is 26.3. The van der Waals surface area contributed by atoms with Gasteiger partial charge >= 0.3 is 0 Å². The van der Waals surface area contributed by atoms with Crippen molar-refractivity contribution in [3.05, 3.63) is 150 Å². The molecule has 0 amide bonds. The smallest absolute Gasteiger partial charge is 0.114 e. The molecule has 0 spiro atoms. The highest BCUT2D eigenvalue weighted by Gasteiger charge is 2.33. The molecule has 0 fully saturated rings. The van der Waals surface area contributed by atoms with Gasteiger partial charge in [0.2, 0.25) is 0 Å². The van der Waals surface area contributed by atoms with E-state index >= 15 is 0 Å². The topological polar surface area (TPSA) is 71.0 Å². The number of rotatable bonds is 15. The van der Waals surface area contributed by atoms with Crippen LogP contribution in [0.4, 0.5) is 0 Å². The third-order valence-corrected chi connectivity index (χ3v) is 6.45. The largest absolute Gasteiger partial charge is 0.388 e. The van der Waals surface area contributed by atoms with Crippen molar-refractivity contribution in [1.29, 1.82) is 0 Å². The van der Waals surface area contributed by atoms with E-state index < -0.39 is 24.4 Å². The van der Waals surface area contributed by atoms with Crippen LogP contribution in [0.15, 0.2) is 127 Å². The first-order valence-corrected chi connectivity index (χ1v) is 13.3. The van der Waals surface area contributed by atoms with Crippen molar-refractivity contribution in [3.8, 4) is 0 Å². The van der Waals surface area contributed by atoms with Gasteiger partial charge < -0.3 is 25.0 Å². The molecule has 0 saturated heterocycles. The van der Waals surface area contributed by atoms with Gasteiger partial charge in [-0.15, -0.1) is 0 Å². The number of ether oxygens (including phenoxy) is 2. The monoisotopic (exact) mass is 523 g/mol. The predicted octanol–water partition coefficient (Wildman–Crippen LogP) is 5.38. The van der Waals surface area contributed by atoms with Gasteiger partial charge in [0, 0.05) is 6.54 Å². The minimum absolute atomic E-state index is 0.0270. The molecule has 0 aliphatic rings. The molecule has 0 aliphatic carbocycles. The summed E-state index contributed by atoms with van der Waals surface area (Å²) in [6.45, 7) is 1.20. The third kappa shape index (κ3) is 9.59. The fourth-order valence-electron chi connectivity index (χ4n) is 4.29. The maximum absolute atomic E-state index is 11.6. The summed E-state index contributed by atoms with van der Waals surface area (Å²) in [5.41, 5.74) is 4.09. The number of aliphatic hydroxyl groups is 2. The van der Waals surface area contributed by atoms with Crippen LogP contribution >= 0.6 is 0 Å². The summed E-state index contributed by atoms with van der Waals surface area (Å²) in [7, 11) is 0. The lowest BCUT2D eigenvalue weighted by Crippen LogP contribution is -2.51. The minimum atomic E-state index is -1.05. The SMILES string of the molecule is O[C@@H]([C@H](OCc1ccccc1)[C@@H](O)COCc1ccccc1)[C@@H](/C=C/c1ccccc1)NCc1ccccc1. The number of hydrogen-bond donors (Lipinski definition) is 3. The molecular formula is C34H37NO4. The number of hydrogen-bond acceptors (Lipinski definition) is 5. The maximum Gasteiger partial charge on any atom is 0.114 e. The molecule has 39 heavy (non-hydrogen) atoms. The first-order chi connectivity index (χ1) is 19.2. The van der Waals surface area contributed by atoms with Crippen molar-refractivity contribution in [2.45, 2.75) is 44.1 Å². The second-order valence-corrected chi connectivity index (χ2v) is 9.48. The lowest BCUT2D eigenvalue weighted by Gasteiger charge is -2.32. The van der Waals surface area contributed by atoms with Crippen LogP contribution in [0.25, 0.3) is 6.08 Å². The van der Waals surface area contributed by atoms with Gasteiger partial charge in [0.15, 0.2) is 0 Å². The lowest BCUT2D eigenvalue weighted by molar-refractivity contribution is -0.131. The van der Waals surface area contributed by atoms with Crippen LogP contribution in [-0.4, -0.2) is 41.2 Å². The fraction of sp³-hybridized carbons (Fsp3) is 0.235. The molecule has 202 valence electrons. The average Bonchev–Trinajstić information content (AvgIpc) is 2.99. The molecule has 4 aromatic carbocycles. The maximum atomic E-state index is 11.6. The molecule has 0 radical (unpaired) electrons. The summed E-state index contributed by atoms with van der Waals surface area (Å²) in [5.74, 6) is 0. The number of aliphatic hydroxyl groups excluding tert-OH is 2. The Labute approximate surface area is 231 Å². The molecule has 0 aliphatic heterocycles. The molecule has 0 aromatic heterocycles. The average molecular weight is 524 g/mol. The van der Waals surface area contributed by atoms with Crippen LogP contribution in [0.2, 0.25) is 0 Å². The van der Waals surface area contributed by atoms with E-state index in [9.17, 15) is 10.2 Å². The van der Waals surface area contributed by atoms with Gasteiger partial charge in [-0.05, 0) is 22.3 Å². The zero-order valence-electron chi connectivity index (χ0n) is 22.1. The summed E-state index contributed by atoms with van der Waals surface area (Å²) >= 11 is 0. The molecule has 4 rings (SSSR count). The molecule has 4 atom stereocenters. The van der Waals surface area contributed by atoms with Gasteiger partial charge in [0.25, 0.3) is 0 Å². The van der Waals surface area contributed by atoms with Gasteiger partial charge in [-0.2, -0.15) is 0 Å². The van der Waals surface area contributed by atoms with E-state index in [1.807, 2.05) is 133 Å². The van der Waals surface area contributed by atoms with Crippen LogP contribution in [0.5, 0.6) is 0 Å². The number of nitrogens with one attached hydrogen (secondary N) is 1. The molecule has 0 bridgehead atoms. The first-order valence-electron chi connectivity index (χ1n) is 13.3. The molecule has 0 saturated carbocycles. The fourth-order valence-corrected chi connectivity index (χ4v) is 4.29. The molecule has 4 aromatic rings. The predicted molar refractivity (Wildman–Crippen MR) is 156 cm³/mol. The summed E-state index contributed by atoms with van der Waals surface area (Å²) < 4.78 is 12.0. The Morgan fingerprint density at radius 3 is 1.74 bits per heavy atom. The van der Waals surface area contributed by atoms with Gasteiger partial charge in [0.1, 0.15) is 18.3 Å². The van der Waals surface area contributed by atoms with Gasteiger partial charge in [0.05, 0.1) is 25.9 Å². The third-order valence-electron chi connectivity index (χ3n) is 6.45. The van der Waals surface area contributed by atoms with Crippen molar-refractivity contribution in [2.75, 3.05) is 6.61 Å². The van der Waals surface area contributed by atoms with Crippen molar-refractivity contribution in [1.82, 2.24) is 5.32 Å². The van der Waals surface area contributed by atoms with Crippen molar-refractivity contribution < 1.29 is 19.7 Å². The molecular weight excluding hydrogens is 486 g/mol. The van der Waals surface area contributed by atoms with Crippen LogP contribution in [0, 0.1) is 0 Å². The zero-order valence-corrected chi connectivity index (χ0v) is 22.1. The highest BCUT2D eigenvalue weighted by atomic mass is 16.5. The minimum Gasteiger partial charge on any atom is -0.388 e. The van der Waals surface area contributed by atoms with Crippen LogP contribution in [0.1, 0.15) is 22.3 Å². The van der Waals surface area contributed by atoms with Crippen LogP contribution in [0.3, 0.4) is 0 Å². The van der Waals surface area contributed by atoms with Crippen molar-refractivity contribution in [2.24, 2.45) is 0 Å². The molecule has 3 N–H and O–H groups in total. The quantitative estimate of drug-likeness (QED) is 0.195. The summed E-state index contributed by atoms with van der Waals surface area (Å²) in [6.07, 6.45) is 0.915. The Bertz CT molecular complexity index is 1220. The zero-order chi connectivity index (χ0) is 27.1. The Hall–Kier alpha value is -3.58. The van der Waals surface area contributed by atoms with Gasteiger partial charge in [-0.3, -0.25) is 0 Å². The highest BCUT2D eigenvalue weighted by Crippen LogP contribution is 2.17. The normalized spacial score (nSPS) is 14.6. The molecule has 0 unspecified atom stereocenters. The standard InChI is InChI=1S/C34H37NO4/c36-32(26-38-24-29-17-9-3-10-18-29)34(39-25-30-19-11-4-12-20-30)33(37)31(22-21-27-13-5-1-6-14-27)35-23-28-15-7-2-8-16-28/h1-22,31-37H,23-26H2/b22-21+/t31-,32+,33-,34-/m1/s1.